The number of hydrogen-bond donors (Lipinski definition) is 0. The van der Waals surface area contributed by atoms with Crippen LogP contribution in [0.15, 0.2) is 241 Å². The molecule has 0 fully saturated rings. The molecule has 68 heavy (non-hydrogen) atoms. The van der Waals surface area contributed by atoms with E-state index in [9.17, 15) is 0 Å². The molecule has 0 aliphatic carbocycles. The lowest BCUT2D eigenvalue weighted by Gasteiger charge is -2.15. The summed E-state index contributed by atoms with van der Waals surface area (Å²) in [5, 5.41) is 4.38. The number of furan rings is 1. The molecule has 6 nitrogen and oxygen atoms in total. The Morgan fingerprint density at radius 1 is 0.309 bits per heavy atom. The lowest BCUT2D eigenvalue weighted by atomic mass is 9.91. The Hall–Kier alpha value is -9.26. The Balaban J connectivity index is 1.03. The number of hydrogen-bond acceptors (Lipinski definition) is 5. The van der Waals surface area contributed by atoms with Crippen molar-refractivity contribution in [2.75, 3.05) is 0 Å². The number of fused-ring (bicyclic) bond motifs is 6. The van der Waals surface area contributed by atoms with E-state index in [1.807, 2.05) is 66.9 Å². The van der Waals surface area contributed by atoms with Gasteiger partial charge in [-0.3, -0.25) is 4.98 Å². The molecule has 0 aliphatic heterocycles. The summed E-state index contributed by atoms with van der Waals surface area (Å²) in [7, 11) is 0. The van der Waals surface area contributed by atoms with Crippen LogP contribution in [-0.2, 0) is 0 Å². The molecule has 0 radical (unpaired) electrons. The minimum atomic E-state index is 0.527. The molecule has 4 heterocycles. The second kappa shape index (κ2) is 16.3. The van der Waals surface area contributed by atoms with Gasteiger partial charge in [-0.1, -0.05) is 170 Å². The molecule has 0 bridgehead atoms. The molecular formula is C62H39N5O. The Kier molecular flexibility index (Phi) is 9.39. The number of pyridine rings is 1. The predicted molar refractivity (Wildman–Crippen MR) is 277 cm³/mol. The highest BCUT2D eigenvalue weighted by atomic mass is 16.3. The molecule has 0 aliphatic rings. The summed E-state index contributed by atoms with van der Waals surface area (Å²) in [5.74, 6) is 1.69. The number of nitrogens with zero attached hydrogens (tertiary/aromatic N) is 5. The summed E-state index contributed by atoms with van der Waals surface area (Å²) in [4.78, 5) is 20.9. The molecule has 318 valence electrons. The van der Waals surface area contributed by atoms with Crippen LogP contribution in [0.4, 0.5) is 0 Å². The first kappa shape index (κ1) is 39.1. The highest BCUT2D eigenvalue weighted by Gasteiger charge is 2.21. The number of rotatable bonds is 8. The van der Waals surface area contributed by atoms with Gasteiger partial charge in [0.1, 0.15) is 11.2 Å². The van der Waals surface area contributed by atoms with Gasteiger partial charge in [0.05, 0.1) is 16.7 Å². The maximum Gasteiger partial charge on any atom is 0.166 e. The first-order chi connectivity index (χ1) is 33.7. The summed E-state index contributed by atoms with van der Waals surface area (Å²) < 4.78 is 9.00. The molecule has 0 saturated heterocycles. The van der Waals surface area contributed by atoms with Gasteiger partial charge in [0.15, 0.2) is 17.5 Å². The van der Waals surface area contributed by atoms with Crippen molar-refractivity contribution in [1.82, 2.24) is 24.5 Å². The first-order valence-electron chi connectivity index (χ1n) is 22.8. The average molecular weight is 870 g/mol. The lowest BCUT2D eigenvalue weighted by Crippen LogP contribution is -2.02. The minimum Gasteiger partial charge on any atom is -0.456 e. The van der Waals surface area contributed by atoms with Gasteiger partial charge >= 0.3 is 0 Å². The molecule has 13 aromatic rings. The van der Waals surface area contributed by atoms with E-state index in [-0.39, 0.29) is 0 Å². The van der Waals surface area contributed by atoms with E-state index in [1.54, 1.807) is 0 Å². The molecule has 0 unspecified atom stereocenters. The molecule has 9 aromatic carbocycles. The zero-order valence-electron chi connectivity index (χ0n) is 36.7. The molecule has 4 aromatic heterocycles. The van der Waals surface area contributed by atoms with Gasteiger partial charge in [-0.15, -0.1) is 0 Å². The summed E-state index contributed by atoms with van der Waals surface area (Å²) in [6.45, 7) is 0. The highest BCUT2D eigenvalue weighted by Crippen LogP contribution is 2.42. The van der Waals surface area contributed by atoms with Crippen molar-refractivity contribution in [2.24, 2.45) is 0 Å². The van der Waals surface area contributed by atoms with Crippen LogP contribution >= 0.6 is 0 Å². The van der Waals surface area contributed by atoms with E-state index in [0.717, 1.165) is 105 Å². The van der Waals surface area contributed by atoms with Gasteiger partial charge in [-0.2, -0.15) is 0 Å². The van der Waals surface area contributed by atoms with Crippen molar-refractivity contribution in [3.05, 3.63) is 237 Å². The molecule has 0 saturated carbocycles. The predicted octanol–water partition coefficient (Wildman–Crippen LogP) is 15.9. The zero-order chi connectivity index (χ0) is 45.0. The van der Waals surface area contributed by atoms with Crippen molar-refractivity contribution < 1.29 is 4.42 Å². The summed E-state index contributed by atoms with van der Waals surface area (Å²) >= 11 is 0. The maximum absolute atomic E-state index is 6.68. The van der Waals surface area contributed by atoms with Crippen LogP contribution in [0.1, 0.15) is 0 Å². The SMILES string of the molecule is c1ccc(-c2nc(-c3ccccc3)nc(-c3cc(-c4ccc(-c5ccccc5)c(-c5ccccc5)c4)cnc3-c3ccc4oc5cc6c(cc5c4c3)c3ccccc3n6-c3ccccc3)n2)cc1. The summed E-state index contributed by atoms with van der Waals surface area (Å²) in [6.07, 6.45) is 1.97. The second-order valence-corrected chi connectivity index (χ2v) is 17.0. The number of aromatic nitrogens is 5. The third-order valence-corrected chi connectivity index (χ3v) is 12.9. The fraction of sp³-hybridized carbons (Fsp3) is 0. The lowest BCUT2D eigenvalue weighted by molar-refractivity contribution is 0.669. The van der Waals surface area contributed by atoms with Gasteiger partial charge in [0, 0.05) is 67.3 Å². The van der Waals surface area contributed by atoms with E-state index in [1.165, 1.54) is 5.39 Å². The number of benzene rings is 9. The summed E-state index contributed by atoms with van der Waals surface area (Å²) in [5.41, 5.74) is 15.8. The van der Waals surface area contributed by atoms with Crippen molar-refractivity contribution in [1.29, 1.82) is 0 Å². The molecule has 0 atom stereocenters. The standard InChI is InChI=1S/C62H39N5O/c1-6-18-40(19-7-1)48-32-30-44(34-50(48)41-20-8-2-9-21-41)46-36-54(62-65-60(42-22-10-3-11-23-42)64-61(66-62)43-24-12-4-13-25-43)59(63-39-46)45-31-33-57-52(35-45)53-37-51-49-28-16-17-29-55(49)67(47-26-14-5-15-27-47)56(51)38-58(53)68-57/h1-39H. The first-order valence-corrected chi connectivity index (χ1v) is 22.8. The van der Waals surface area contributed by atoms with Crippen LogP contribution < -0.4 is 0 Å². The van der Waals surface area contributed by atoms with E-state index in [4.69, 9.17) is 24.4 Å². The van der Waals surface area contributed by atoms with Crippen LogP contribution in [0.3, 0.4) is 0 Å². The molecule has 0 amide bonds. The third kappa shape index (κ3) is 6.82. The van der Waals surface area contributed by atoms with Gasteiger partial charge in [0.25, 0.3) is 0 Å². The molecule has 0 spiro atoms. The fourth-order valence-corrected chi connectivity index (χ4v) is 9.64. The topological polar surface area (TPSA) is 69.6 Å². The number of para-hydroxylation sites is 2. The second-order valence-electron chi connectivity index (χ2n) is 17.0. The van der Waals surface area contributed by atoms with Crippen LogP contribution in [0.25, 0.3) is 128 Å². The largest absolute Gasteiger partial charge is 0.456 e. The van der Waals surface area contributed by atoms with Crippen molar-refractivity contribution >= 4 is 43.7 Å². The third-order valence-electron chi connectivity index (χ3n) is 12.9. The Labute approximate surface area is 392 Å². The van der Waals surface area contributed by atoms with Gasteiger partial charge < -0.3 is 8.98 Å². The van der Waals surface area contributed by atoms with Crippen LogP contribution in [0.5, 0.6) is 0 Å². The molecular weight excluding hydrogens is 831 g/mol. The summed E-state index contributed by atoms with van der Waals surface area (Å²) in [6, 6.07) is 80.1. The van der Waals surface area contributed by atoms with Crippen LogP contribution in [0.2, 0.25) is 0 Å². The van der Waals surface area contributed by atoms with Gasteiger partial charge in [0.2, 0.25) is 0 Å². The monoisotopic (exact) mass is 869 g/mol. The van der Waals surface area contributed by atoms with E-state index in [0.29, 0.717) is 17.5 Å². The highest BCUT2D eigenvalue weighted by molar-refractivity contribution is 6.17. The van der Waals surface area contributed by atoms with Crippen molar-refractivity contribution in [2.45, 2.75) is 0 Å². The average Bonchev–Trinajstić information content (AvgIpc) is 3.95. The Morgan fingerprint density at radius 3 is 1.53 bits per heavy atom. The van der Waals surface area contributed by atoms with Crippen molar-refractivity contribution in [3.8, 4) is 84.5 Å². The van der Waals surface area contributed by atoms with Crippen LogP contribution in [-0.4, -0.2) is 24.5 Å². The van der Waals surface area contributed by atoms with Gasteiger partial charge in [-0.05, 0) is 82.4 Å². The molecule has 6 heteroatoms. The minimum absolute atomic E-state index is 0.527. The van der Waals surface area contributed by atoms with E-state index >= 15 is 0 Å². The van der Waals surface area contributed by atoms with Crippen LogP contribution in [0, 0.1) is 0 Å². The molecule has 0 N–H and O–H groups in total. The zero-order valence-corrected chi connectivity index (χ0v) is 36.7. The van der Waals surface area contributed by atoms with Gasteiger partial charge in [-0.25, -0.2) is 15.0 Å². The molecule has 13 rings (SSSR count). The van der Waals surface area contributed by atoms with E-state index in [2.05, 4.69) is 174 Å². The normalized spacial score (nSPS) is 11.5. The smallest absolute Gasteiger partial charge is 0.166 e. The Morgan fingerprint density at radius 2 is 0.853 bits per heavy atom. The maximum atomic E-state index is 6.68. The van der Waals surface area contributed by atoms with E-state index < -0.39 is 0 Å². The fourth-order valence-electron chi connectivity index (χ4n) is 9.64. The quantitative estimate of drug-likeness (QED) is 0.152. The van der Waals surface area contributed by atoms with Crippen molar-refractivity contribution in [3.63, 3.8) is 0 Å². The Bertz CT molecular complexity index is 3940.